The Balaban J connectivity index is 1.41. The summed E-state index contributed by atoms with van der Waals surface area (Å²) in [6.45, 7) is 1.37. The van der Waals surface area contributed by atoms with Gasteiger partial charge in [0.1, 0.15) is 11.6 Å². The van der Waals surface area contributed by atoms with Crippen molar-refractivity contribution in [3.8, 4) is 11.6 Å². The molecule has 0 amide bonds. The molecular weight excluding hydrogens is 405 g/mol. The number of anilines is 2. The molecule has 0 radical (unpaired) electrons. The van der Waals surface area contributed by atoms with Crippen LogP contribution in [-0.2, 0) is 21.3 Å². The van der Waals surface area contributed by atoms with Crippen LogP contribution in [0.15, 0.2) is 60.8 Å². The lowest BCUT2D eigenvalue weighted by molar-refractivity contribution is 0.0992. The summed E-state index contributed by atoms with van der Waals surface area (Å²) in [4.78, 5) is 8.56. The van der Waals surface area contributed by atoms with Crippen LogP contribution in [0.5, 0.6) is 11.6 Å². The van der Waals surface area contributed by atoms with E-state index in [4.69, 9.17) is 9.47 Å². The van der Waals surface area contributed by atoms with E-state index in [1.807, 2.05) is 24.3 Å². The molecule has 1 saturated heterocycles. The summed E-state index contributed by atoms with van der Waals surface area (Å²) >= 11 is 0. The maximum Gasteiger partial charge on any atom is 0.230 e. The Morgan fingerprint density at radius 2 is 1.93 bits per heavy atom. The smallest absolute Gasteiger partial charge is 0.230 e. The zero-order chi connectivity index (χ0) is 20.8. The molecule has 1 atom stereocenters. The normalized spacial score (nSPS) is 15.5. The van der Waals surface area contributed by atoms with Crippen LogP contribution in [0.2, 0.25) is 0 Å². The third-order valence-electron chi connectivity index (χ3n) is 4.70. The molecule has 0 spiro atoms. The van der Waals surface area contributed by atoms with Gasteiger partial charge in [-0.2, -0.15) is 4.98 Å². The fourth-order valence-corrected chi connectivity index (χ4v) is 4.63. The fraction of sp³-hybridized carbons (Fsp3) is 0.273. The molecular formula is C22H22FN3O3S. The molecule has 30 heavy (non-hydrogen) atoms. The molecule has 1 unspecified atom stereocenters. The molecule has 1 aliphatic heterocycles. The molecule has 1 aliphatic rings. The summed E-state index contributed by atoms with van der Waals surface area (Å²) in [5.41, 5.74) is 1.79. The maximum atomic E-state index is 13.0. The minimum atomic E-state index is -0.926. The van der Waals surface area contributed by atoms with Crippen molar-refractivity contribution in [3.63, 3.8) is 0 Å². The Hall–Kier alpha value is -2.84. The van der Waals surface area contributed by atoms with Gasteiger partial charge in [0, 0.05) is 53.0 Å². The molecule has 1 fully saturated rings. The zero-order valence-corrected chi connectivity index (χ0v) is 17.1. The molecule has 4 rings (SSSR count). The van der Waals surface area contributed by atoms with Gasteiger partial charge in [-0.05, 0) is 54.8 Å². The van der Waals surface area contributed by atoms with Crippen molar-refractivity contribution < 1.29 is 18.1 Å². The van der Waals surface area contributed by atoms with Crippen LogP contribution < -0.4 is 10.1 Å². The second kappa shape index (κ2) is 9.77. The van der Waals surface area contributed by atoms with Gasteiger partial charge < -0.3 is 14.8 Å². The summed E-state index contributed by atoms with van der Waals surface area (Å²) in [6.07, 6.45) is 3.27. The van der Waals surface area contributed by atoms with Gasteiger partial charge in [-0.25, -0.2) is 9.37 Å². The topological polar surface area (TPSA) is 73.3 Å². The van der Waals surface area contributed by atoms with E-state index < -0.39 is 10.8 Å². The van der Waals surface area contributed by atoms with Gasteiger partial charge in [0.2, 0.25) is 11.8 Å². The molecule has 6 nitrogen and oxygen atoms in total. The monoisotopic (exact) mass is 427 g/mol. The molecule has 0 bridgehead atoms. The predicted molar refractivity (Wildman–Crippen MR) is 114 cm³/mol. The second-order valence-corrected chi connectivity index (χ2v) is 8.65. The van der Waals surface area contributed by atoms with Crippen LogP contribution in [-0.4, -0.2) is 32.6 Å². The van der Waals surface area contributed by atoms with Crippen LogP contribution in [0.3, 0.4) is 0 Å². The van der Waals surface area contributed by atoms with Gasteiger partial charge in [0.15, 0.2) is 0 Å². The largest absolute Gasteiger partial charge is 0.439 e. The molecule has 1 aromatic heterocycles. The average Bonchev–Trinajstić information content (AvgIpc) is 2.76. The highest BCUT2D eigenvalue weighted by Crippen LogP contribution is 2.23. The number of nitrogens with zero attached hydrogens (tertiary/aromatic N) is 2. The summed E-state index contributed by atoms with van der Waals surface area (Å²) in [5.74, 6) is 1.38. The van der Waals surface area contributed by atoms with Crippen molar-refractivity contribution in [1.82, 2.24) is 9.97 Å². The number of halogens is 1. The highest BCUT2D eigenvalue weighted by Gasteiger charge is 2.20. The Morgan fingerprint density at radius 1 is 1.13 bits per heavy atom. The number of hydrogen-bond acceptors (Lipinski definition) is 6. The summed E-state index contributed by atoms with van der Waals surface area (Å²) in [6, 6.07) is 15.1. The number of nitrogens with one attached hydrogen (secondary N) is 1. The number of rotatable bonds is 7. The lowest BCUT2D eigenvalue weighted by atomic mass is 10.2. The molecule has 2 aromatic carbocycles. The Labute approximate surface area is 176 Å². The fourth-order valence-electron chi connectivity index (χ4n) is 3.17. The van der Waals surface area contributed by atoms with Gasteiger partial charge in [0.25, 0.3) is 0 Å². The maximum absolute atomic E-state index is 13.0. The van der Waals surface area contributed by atoms with Gasteiger partial charge >= 0.3 is 0 Å². The van der Waals surface area contributed by atoms with Crippen molar-refractivity contribution in [1.29, 1.82) is 0 Å². The number of hydrogen-bond donors (Lipinski definition) is 1. The highest BCUT2D eigenvalue weighted by atomic mass is 32.2. The van der Waals surface area contributed by atoms with Crippen LogP contribution in [0.4, 0.5) is 16.0 Å². The third-order valence-corrected chi connectivity index (χ3v) is 6.53. The van der Waals surface area contributed by atoms with E-state index >= 15 is 0 Å². The van der Waals surface area contributed by atoms with Crippen LogP contribution in [0.25, 0.3) is 0 Å². The molecule has 2 heterocycles. The molecule has 156 valence electrons. The average molecular weight is 428 g/mol. The van der Waals surface area contributed by atoms with Crippen LogP contribution >= 0.6 is 0 Å². The van der Waals surface area contributed by atoms with E-state index in [0.29, 0.717) is 36.5 Å². The number of ether oxygens (including phenoxy) is 2. The first-order valence-electron chi connectivity index (χ1n) is 9.73. The van der Waals surface area contributed by atoms with Crippen LogP contribution in [0.1, 0.15) is 18.4 Å². The van der Waals surface area contributed by atoms with Gasteiger partial charge in [0.05, 0.1) is 0 Å². The van der Waals surface area contributed by atoms with E-state index in [-0.39, 0.29) is 11.1 Å². The van der Waals surface area contributed by atoms with Crippen molar-refractivity contribution in [3.05, 3.63) is 72.2 Å². The quantitative estimate of drug-likeness (QED) is 0.595. The first kappa shape index (κ1) is 20.4. The standard InChI is InChI=1S/C22H22FN3O3S/c23-17-4-6-19(7-5-17)29-21-8-11-24-22(26-21)25-18-3-1-2-16(14-18)15-30(27)20-9-12-28-13-10-20/h1-8,11,14,20H,9-10,12-13,15H2,(H,24,25,26). The molecule has 8 heteroatoms. The van der Waals surface area contributed by atoms with E-state index in [0.717, 1.165) is 24.1 Å². The van der Waals surface area contributed by atoms with Crippen molar-refractivity contribution in [2.75, 3.05) is 18.5 Å². The molecule has 3 aromatic rings. The van der Waals surface area contributed by atoms with Gasteiger partial charge in [-0.15, -0.1) is 0 Å². The second-order valence-electron chi connectivity index (χ2n) is 6.94. The Morgan fingerprint density at radius 3 is 2.73 bits per heavy atom. The van der Waals surface area contributed by atoms with E-state index in [9.17, 15) is 8.60 Å². The SMILES string of the molecule is O=S(Cc1cccc(Nc2nccc(Oc3ccc(F)cc3)n2)c1)C1CCOCC1. The minimum Gasteiger partial charge on any atom is -0.439 e. The number of aromatic nitrogens is 2. The van der Waals surface area contributed by atoms with Crippen molar-refractivity contribution >= 4 is 22.4 Å². The van der Waals surface area contributed by atoms with E-state index in [2.05, 4.69) is 15.3 Å². The molecule has 0 saturated carbocycles. The molecule has 0 aliphatic carbocycles. The van der Waals surface area contributed by atoms with Crippen molar-refractivity contribution in [2.24, 2.45) is 0 Å². The predicted octanol–water partition coefficient (Wildman–Crippen LogP) is 4.58. The lowest BCUT2D eigenvalue weighted by Crippen LogP contribution is -2.25. The van der Waals surface area contributed by atoms with E-state index in [1.165, 1.54) is 24.3 Å². The summed E-state index contributed by atoms with van der Waals surface area (Å²) in [7, 11) is -0.926. The Bertz CT molecular complexity index is 1010. The van der Waals surface area contributed by atoms with E-state index in [1.54, 1.807) is 12.3 Å². The third kappa shape index (κ3) is 5.61. The first-order valence-corrected chi connectivity index (χ1v) is 11.1. The number of benzene rings is 2. The summed E-state index contributed by atoms with van der Waals surface area (Å²) in [5, 5.41) is 3.34. The zero-order valence-electron chi connectivity index (χ0n) is 16.3. The summed E-state index contributed by atoms with van der Waals surface area (Å²) < 4.78 is 36.7. The highest BCUT2D eigenvalue weighted by molar-refractivity contribution is 7.84. The molecule has 1 N–H and O–H groups in total. The minimum absolute atomic E-state index is 0.194. The lowest BCUT2D eigenvalue weighted by Gasteiger charge is -2.21. The van der Waals surface area contributed by atoms with Crippen molar-refractivity contribution in [2.45, 2.75) is 23.8 Å². The van der Waals surface area contributed by atoms with Gasteiger partial charge in [-0.1, -0.05) is 12.1 Å². The van der Waals surface area contributed by atoms with Crippen LogP contribution in [0, 0.1) is 5.82 Å². The Kier molecular flexibility index (Phi) is 6.66. The van der Waals surface area contributed by atoms with Gasteiger partial charge in [-0.3, -0.25) is 4.21 Å². The first-order chi connectivity index (χ1) is 14.7.